The first-order valence-electron chi connectivity index (χ1n) is 27.5. The number of allylic oxidation sites excluding steroid dienone is 6. The fraction of sp³-hybridized carbons (Fsp3) is 0.631. The fourth-order valence-electron chi connectivity index (χ4n) is 14.7. The second-order valence-corrected chi connectivity index (χ2v) is 23.7. The van der Waals surface area contributed by atoms with Crippen LogP contribution in [0.15, 0.2) is 108 Å². The molecule has 9 unspecified atom stereocenters. The van der Waals surface area contributed by atoms with Crippen LogP contribution in [0.1, 0.15) is 203 Å². The van der Waals surface area contributed by atoms with Gasteiger partial charge in [-0.2, -0.15) is 0 Å². The number of hydrogen-bond acceptors (Lipinski definition) is 0. The maximum Gasteiger partial charge on any atom is 0.00564 e. The van der Waals surface area contributed by atoms with E-state index in [1.165, 1.54) is 138 Å². The molecule has 0 nitrogen and oxygen atoms in total. The van der Waals surface area contributed by atoms with Crippen molar-refractivity contribution in [1.82, 2.24) is 0 Å². The van der Waals surface area contributed by atoms with E-state index in [9.17, 15) is 0 Å². The number of fused-ring (bicyclic) bond motifs is 5. The normalized spacial score (nSPS) is 31.9. The van der Waals surface area contributed by atoms with Gasteiger partial charge < -0.3 is 0 Å². The highest BCUT2D eigenvalue weighted by Crippen LogP contribution is 2.69. The molecule has 3 aromatic rings. The summed E-state index contributed by atoms with van der Waals surface area (Å²) < 4.78 is 0. The van der Waals surface area contributed by atoms with Gasteiger partial charge in [0.2, 0.25) is 0 Å². The van der Waals surface area contributed by atoms with Crippen LogP contribution >= 0.6 is 0 Å². The summed E-state index contributed by atoms with van der Waals surface area (Å²) in [6, 6.07) is 27.3. The largest absolute Gasteiger partial charge is 0.0844 e. The molecule has 5 saturated carbocycles. The van der Waals surface area contributed by atoms with Crippen LogP contribution in [0, 0.1) is 85.9 Å². The summed E-state index contributed by atoms with van der Waals surface area (Å²) in [6.07, 6.45) is 36.1. The summed E-state index contributed by atoms with van der Waals surface area (Å²) in [7, 11) is 0. The SMILES string of the molecule is CC.Cc1ccc(C)cc1.Cc1ccc(C2(C3C=CC(C4CCC4)=CC3)CCC3(C)C(=CCC4C3CCC3(C)C(C(C)CCCC(C)C)CCC43)C2)cc1.Cc1ccc(C2CCC2)cc1. The third-order valence-electron chi connectivity index (χ3n) is 19.3. The van der Waals surface area contributed by atoms with Crippen LogP contribution in [-0.2, 0) is 5.41 Å². The summed E-state index contributed by atoms with van der Waals surface area (Å²) in [5.74, 6) is 7.84. The molecule has 0 saturated heterocycles. The smallest absolute Gasteiger partial charge is 0.00564 e. The molecule has 0 spiro atoms. The van der Waals surface area contributed by atoms with E-state index < -0.39 is 0 Å². The van der Waals surface area contributed by atoms with E-state index in [1.54, 1.807) is 16.7 Å². The molecule has 7 aliphatic carbocycles. The maximum atomic E-state index is 2.84. The first kappa shape index (κ1) is 49.8. The highest BCUT2D eigenvalue weighted by molar-refractivity contribution is 5.41. The van der Waals surface area contributed by atoms with Crippen molar-refractivity contribution in [2.45, 2.75) is 203 Å². The minimum atomic E-state index is 0.247. The Morgan fingerprint density at radius 3 is 1.71 bits per heavy atom. The Balaban J connectivity index is 0.000000245. The van der Waals surface area contributed by atoms with Crippen molar-refractivity contribution in [3.8, 4) is 0 Å². The first-order chi connectivity index (χ1) is 31.3. The third kappa shape index (κ3) is 10.9. The van der Waals surface area contributed by atoms with Gasteiger partial charge in [0.05, 0.1) is 0 Å². The predicted molar refractivity (Wildman–Crippen MR) is 284 cm³/mol. The summed E-state index contributed by atoms with van der Waals surface area (Å²) >= 11 is 0. The van der Waals surface area contributed by atoms with Crippen molar-refractivity contribution in [2.75, 3.05) is 0 Å². The van der Waals surface area contributed by atoms with Crippen LogP contribution in [0.5, 0.6) is 0 Å². The molecule has 5 fully saturated rings. The average Bonchev–Trinajstić information content (AvgIpc) is 3.63. The molecule has 0 aromatic heterocycles. The second kappa shape index (κ2) is 21.9. The fourth-order valence-corrected chi connectivity index (χ4v) is 14.7. The van der Waals surface area contributed by atoms with Gasteiger partial charge in [-0.3, -0.25) is 0 Å². The maximum absolute atomic E-state index is 2.84. The van der Waals surface area contributed by atoms with Gasteiger partial charge in [0, 0.05) is 5.41 Å². The van der Waals surface area contributed by atoms with Gasteiger partial charge in [-0.05, 0) is 192 Å². The lowest BCUT2D eigenvalue weighted by Gasteiger charge is -2.61. The monoisotopic (exact) mass is 875 g/mol. The minimum Gasteiger partial charge on any atom is -0.0844 e. The van der Waals surface area contributed by atoms with Crippen LogP contribution in [0.3, 0.4) is 0 Å². The zero-order valence-corrected chi connectivity index (χ0v) is 43.7. The van der Waals surface area contributed by atoms with Crippen LogP contribution in [0.25, 0.3) is 0 Å². The molecule has 3 aromatic carbocycles. The van der Waals surface area contributed by atoms with Gasteiger partial charge in [-0.25, -0.2) is 0 Å². The van der Waals surface area contributed by atoms with Gasteiger partial charge in [0.25, 0.3) is 0 Å². The van der Waals surface area contributed by atoms with Gasteiger partial charge in [0.15, 0.2) is 0 Å². The molecular formula is C65H94. The molecule has 65 heavy (non-hydrogen) atoms. The van der Waals surface area contributed by atoms with Gasteiger partial charge in [-0.1, -0.05) is 205 Å². The number of rotatable bonds is 9. The van der Waals surface area contributed by atoms with E-state index in [-0.39, 0.29) is 5.41 Å². The molecule has 0 heteroatoms. The van der Waals surface area contributed by atoms with Crippen molar-refractivity contribution in [3.63, 3.8) is 0 Å². The summed E-state index contributed by atoms with van der Waals surface area (Å²) in [4.78, 5) is 0. The van der Waals surface area contributed by atoms with Gasteiger partial charge >= 0.3 is 0 Å². The van der Waals surface area contributed by atoms with Gasteiger partial charge in [-0.15, -0.1) is 0 Å². The van der Waals surface area contributed by atoms with Crippen molar-refractivity contribution < 1.29 is 0 Å². The third-order valence-corrected chi connectivity index (χ3v) is 19.3. The van der Waals surface area contributed by atoms with Crippen LogP contribution in [-0.4, -0.2) is 0 Å². The van der Waals surface area contributed by atoms with E-state index in [0.717, 1.165) is 47.3 Å². The Morgan fingerprint density at radius 2 is 1.17 bits per heavy atom. The standard InChI is InChI=1S/C44H64.C11H14.C8H10.C2H6/c1-30(2)9-7-10-32(4)39-23-24-40-38-22-21-37-29-44(35-17-13-31(3)14-18-35,36-19-15-34(16-20-36)33-11-8-12-33)28-27-42(37,5)41(38)25-26-43(39,40)6;1-9-5-7-11(8-6-9)10-3-2-4-10;1-7-3-5-8(2)6-4-7;1-2/h13-19,21,30,32-33,36,38-41H,7-12,20,22-29H2,1-6H3;5-8,10H,2-4H2,1H3;3-6H,1-2H3;1-2H3. The molecule has 7 aliphatic rings. The highest BCUT2D eigenvalue weighted by Gasteiger charge is 2.60. The predicted octanol–water partition coefficient (Wildman–Crippen LogP) is 19.2. The zero-order chi connectivity index (χ0) is 46.4. The molecule has 0 bridgehead atoms. The van der Waals surface area contributed by atoms with Crippen molar-refractivity contribution >= 4 is 0 Å². The lowest BCUT2D eigenvalue weighted by molar-refractivity contribution is -0.0558. The molecule has 354 valence electrons. The Kier molecular flexibility index (Phi) is 16.8. The second-order valence-electron chi connectivity index (χ2n) is 23.7. The number of aryl methyl sites for hydroxylation is 4. The van der Waals surface area contributed by atoms with Crippen LogP contribution < -0.4 is 0 Å². The summed E-state index contributed by atoms with van der Waals surface area (Å²) in [6.45, 7) is 25.5. The lowest BCUT2D eigenvalue weighted by atomic mass is 9.44. The van der Waals surface area contributed by atoms with E-state index in [1.807, 2.05) is 19.4 Å². The lowest BCUT2D eigenvalue weighted by Crippen LogP contribution is -2.53. The van der Waals surface area contributed by atoms with Crippen LogP contribution in [0.2, 0.25) is 0 Å². The topological polar surface area (TPSA) is 0 Å². The first-order valence-corrected chi connectivity index (χ1v) is 27.5. The van der Waals surface area contributed by atoms with E-state index >= 15 is 0 Å². The molecular weight excluding hydrogens is 781 g/mol. The zero-order valence-electron chi connectivity index (χ0n) is 43.7. The summed E-state index contributed by atoms with van der Waals surface area (Å²) in [5, 5.41) is 0. The van der Waals surface area contributed by atoms with Crippen molar-refractivity contribution in [2.24, 2.45) is 58.2 Å². The Morgan fingerprint density at radius 1 is 0.585 bits per heavy atom. The molecule has 0 aliphatic heterocycles. The van der Waals surface area contributed by atoms with Gasteiger partial charge in [0.1, 0.15) is 0 Å². The molecule has 0 N–H and O–H groups in total. The number of hydrogen-bond donors (Lipinski definition) is 0. The van der Waals surface area contributed by atoms with E-state index in [0.29, 0.717) is 16.7 Å². The Bertz CT molecular complexity index is 2010. The summed E-state index contributed by atoms with van der Waals surface area (Å²) in [5.41, 5.74) is 13.3. The molecule has 0 radical (unpaired) electrons. The van der Waals surface area contributed by atoms with Crippen molar-refractivity contribution in [3.05, 3.63) is 142 Å². The Hall–Kier alpha value is -3.12. The van der Waals surface area contributed by atoms with E-state index in [2.05, 4.69) is 159 Å². The number of benzene rings is 3. The quantitative estimate of drug-likeness (QED) is 0.188. The molecule has 9 atom stereocenters. The molecule has 0 heterocycles. The van der Waals surface area contributed by atoms with Crippen LogP contribution in [0.4, 0.5) is 0 Å². The average molecular weight is 875 g/mol. The van der Waals surface area contributed by atoms with Crippen molar-refractivity contribution in [1.29, 1.82) is 0 Å². The van der Waals surface area contributed by atoms with E-state index in [4.69, 9.17) is 0 Å². The highest BCUT2D eigenvalue weighted by atomic mass is 14.6. The Labute approximate surface area is 401 Å². The minimum absolute atomic E-state index is 0.247. The molecule has 0 amide bonds. The molecule has 10 rings (SSSR count).